The minimum atomic E-state index is -0.687. The number of hydrogen-bond donors (Lipinski definition) is 2. The van der Waals surface area contributed by atoms with Crippen LogP contribution in [0, 0.1) is 11.8 Å². The second-order valence-electron chi connectivity index (χ2n) is 20.1. The number of amides is 4. The number of aromatic nitrogens is 1. The number of thiophene rings is 1. The number of methoxy groups -OCH3 is 2. The van der Waals surface area contributed by atoms with Gasteiger partial charge in [-0.3, -0.25) is 24.1 Å². The molecule has 4 amide bonds. The van der Waals surface area contributed by atoms with Gasteiger partial charge in [-0.2, -0.15) is 54.0 Å². The summed E-state index contributed by atoms with van der Waals surface area (Å²) >= 11 is 1.84. The van der Waals surface area contributed by atoms with E-state index in [9.17, 15) is 19.2 Å². The molecule has 0 bridgehead atoms. The predicted molar refractivity (Wildman–Crippen MR) is 311 cm³/mol. The lowest BCUT2D eigenvalue weighted by molar-refractivity contribution is -0.135. The summed E-state index contributed by atoms with van der Waals surface area (Å²) in [4.78, 5) is 69.0. The minimum Gasteiger partial charge on any atom is -0.464 e. The lowest BCUT2D eigenvalue weighted by Gasteiger charge is -2.34. The second-order valence-corrected chi connectivity index (χ2v) is 21.2. The van der Waals surface area contributed by atoms with Crippen molar-refractivity contribution in [1.82, 2.24) is 25.0 Å². The maximum Gasteiger partial charge on any atom is 0.407 e. The van der Waals surface area contributed by atoms with E-state index in [0.29, 0.717) is 57.9 Å². The van der Waals surface area contributed by atoms with E-state index in [1.807, 2.05) is 47.4 Å². The number of carbonyl (C=O) groups is 4. The van der Waals surface area contributed by atoms with Gasteiger partial charge in [0, 0.05) is 78.8 Å². The van der Waals surface area contributed by atoms with Crippen LogP contribution in [0.3, 0.4) is 0 Å². The highest BCUT2D eigenvalue weighted by atomic mass is 32.1. The molecule has 1 aliphatic carbocycles. The highest BCUT2D eigenvalue weighted by molar-refractivity contribution is 7.59. The molecule has 7 aliphatic rings. The van der Waals surface area contributed by atoms with Crippen molar-refractivity contribution >= 4 is 123 Å². The highest BCUT2D eigenvalue weighted by Crippen LogP contribution is 2.50. The fraction of sp³-hybridized carbons (Fsp3) is 0.481. The number of nitrogens with zero attached hydrogens (tertiary/aromatic N) is 5. The maximum atomic E-state index is 14.3. The monoisotopic (exact) mass is 1100 g/mol. The maximum absolute atomic E-state index is 14.3. The van der Waals surface area contributed by atoms with E-state index in [1.165, 1.54) is 31.9 Å². The van der Waals surface area contributed by atoms with Crippen molar-refractivity contribution in [2.24, 2.45) is 21.8 Å². The first-order valence-electron chi connectivity index (χ1n) is 25.0. The van der Waals surface area contributed by atoms with Gasteiger partial charge in [0.15, 0.2) is 0 Å². The van der Waals surface area contributed by atoms with Crippen LogP contribution >= 0.6 is 65.3 Å². The second kappa shape index (κ2) is 24.0. The molecule has 398 valence electrons. The molecule has 8 heterocycles. The van der Waals surface area contributed by atoms with E-state index in [0.717, 1.165) is 92.2 Å². The lowest BCUT2D eigenvalue weighted by atomic mass is 9.90. The molecule has 5 atom stereocenters. The number of carbonyl (C=O) groups excluding carboxylic acids is 4. The van der Waals surface area contributed by atoms with Gasteiger partial charge in [-0.05, 0) is 134 Å². The van der Waals surface area contributed by atoms with Gasteiger partial charge in [0.1, 0.15) is 17.8 Å². The van der Waals surface area contributed by atoms with Crippen LogP contribution in [0.25, 0.3) is 33.3 Å². The average Bonchev–Trinajstić information content (AvgIpc) is 4.11. The Labute approximate surface area is 464 Å². The zero-order valence-corrected chi connectivity index (χ0v) is 47.1. The summed E-state index contributed by atoms with van der Waals surface area (Å²) in [6, 6.07) is 18.2. The topological polar surface area (TPSA) is 165 Å². The Balaban J connectivity index is 0.00000200. The zero-order valence-electron chi connectivity index (χ0n) is 42.3. The summed E-state index contributed by atoms with van der Waals surface area (Å²) in [5, 5.41) is 6.72. The Bertz CT molecular complexity index is 2890. The third-order valence-electron chi connectivity index (χ3n) is 15.4. The van der Waals surface area contributed by atoms with E-state index < -0.39 is 24.3 Å². The summed E-state index contributed by atoms with van der Waals surface area (Å²) in [5.74, 6) is 1.12. The first-order valence-corrected chi connectivity index (χ1v) is 25.8. The number of ether oxygens (including phenoxy) is 4. The summed E-state index contributed by atoms with van der Waals surface area (Å²) in [6.07, 6.45) is 10.8. The third-order valence-corrected chi connectivity index (χ3v) is 16.7. The highest BCUT2D eigenvalue weighted by Gasteiger charge is 2.42. The predicted octanol–water partition coefficient (Wildman–Crippen LogP) is 9.52. The van der Waals surface area contributed by atoms with Crippen molar-refractivity contribution in [3.63, 3.8) is 0 Å². The molecule has 20 heteroatoms. The van der Waals surface area contributed by atoms with Gasteiger partial charge in [0.2, 0.25) is 18.0 Å². The van der Waals surface area contributed by atoms with E-state index >= 15 is 0 Å². The van der Waals surface area contributed by atoms with Crippen LogP contribution in [0.5, 0.6) is 5.75 Å². The molecule has 74 heavy (non-hydrogen) atoms. The van der Waals surface area contributed by atoms with Crippen molar-refractivity contribution in [3.8, 4) is 17.0 Å². The van der Waals surface area contributed by atoms with Crippen LogP contribution < -0.4 is 15.4 Å². The van der Waals surface area contributed by atoms with Crippen molar-refractivity contribution in [1.29, 1.82) is 0 Å². The molecule has 2 N–H and O–H groups in total. The SMILES string of the molecule is COC(=O)N[C@H](C(=O)N1CCC[C@H]1C1=NC=C(c2ccc3c(c2)OC(c2ccc(C4CC4)s2)n2c-3cc3cc(C4=CN=C([C@@H]5CCCN5C(=O)[C@@H](NC(=O)OC)C5CCOCC5)C4)ccc32)C1)C(C)C.S.S.S.S. The van der Waals surface area contributed by atoms with Crippen molar-refractivity contribution in [2.45, 2.75) is 114 Å². The molecular formula is C54H69N7O8S5. The van der Waals surface area contributed by atoms with E-state index in [2.05, 4.69) is 69.8 Å². The van der Waals surface area contributed by atoms with Gasteiger partial charge in [-0.15, -0.1) is 11.3 Å². The normalized spacial score (nSPS) is 21.7. The van der Waals surface area contributed by atoms with Crippen LogP contribution in [0.15, 0.2) is 77.0 Å². The smallest absolute Gasteiger partial charge is 0.407 e. The van der Waals surface area contributed by atoms with Gasteiger partial charge in [0.25, 0.3) is 0 Å². The number of nitrogens with one attached hydrogen (secondary N) is 2. The van der Waals surface area contributed by atoms with Gasteiger partial charge < -0.3 is 39.4 Å². The molecule has 4 aromatic rings. The Morgan fingerprint density at radius 3 is 1.92 bits per heavy atom. The molecule has 0 radical (unpaired) electrons. The molecule has 15 nitrogen and oxygen atoms in total. The Hall–Kier alpha value is -4.86. The summed E-state index contributed by atoms with van der Waals surface area (Å²) in [5.41, 5.74) is 9.40. The molecule has 1 saturated carbocycles. The quantitative estimate of drug-likeness (QED) is 0.142. The molecule has 6 aliphatic heterocycles. The summed E-state index contributed by atoms with van der Waals surface area (Å²) < 4.78 is 24.8. The summed E-state index contributed by atoms with van der Waals surface area (Å²) in [7, 11) is 2.63. The number of hydrogen-bond acceptors (Lipinski definition) is 11. The number of rotatable bonds is 12. The average molecular weight is 1100 g/mol. The van der Waals surface area contributed by atoms with Crippen molar-refractivity contribution in [3.05, 3.63) is 87.9 Å². The first-order chi connectivity index (χ1) is 34.1. The van der Waals surface area contributed by atoms with Gasteiger partial charge in [0.05, 0.1) is 42.4 Å². The number of fused-ring (bicyclic) bond motifs is 5. The Kier molecular flexibility index (Phi) is 18.4. The standard InChI is InChI=1S/C54H61N7O8S.4H2S/c1-30(2)48(57-53(64)66-3)50(62)59-19-5-7-42(59)40-25-37(29-56-40)34-11-13-38-44-26-35-23-33(12-14-41(35)61(44)52(69-45(38)27-34)47-16-15-46(70-47)31-9-10-31)36-24-39(55-28-36)43-8-6-20-60(43)51(63)49(58-54(65)67-4)32-17-21-68-22-18-32;;;;/h11-16,23,26-32,42-43,48-49,52H,5-10,17-22,24-25H2,1-4H3,(H,57,64)(H,58,65);4*1H2/t42-,43-,48-,49-,52?;;;;/m0..../s1. The molecule has 1 unspecified atom stereocenters. The van der Waals surface area contributed by atoms with Gasteiger partial charge >= 0.3 is 12.2 Å². The largest absolute Gasteiger partial charge is 0.464 e. The fourth-order valence-corrected chi connectivity index (χ4v) is 12.7. The van der Waals surface area contributed by atoms with Gasteiger partial charge in [-0.1, -0.05) is 26.0 Å². The molecule has 4 fully saturated rings. The van der Waals surface area contributed by atoms with Gasteiger partial charge in [-0.25, -0.2) is 9.59 Å². The zero-order chi connectivity index (χ0) is 48.2. The van der Waals surface area contributed by atoms with Crippen molar-refractivity contribution in [2.75, 3.05) is 40.5 Å². The Morgan fingerprint density at radius 2 is 1.30 bits per heavy atom. The fourth-order valence-electron chi connectivity index (χ4n) is 11.5. The van der Waals surface area contributed by atoms with Crippen LogP contribution in [-0.4, -0.2) is 114 Å². The third kappa shape index (κ3) is 11.0. The minimum absolute atomic E-state index is 0. The number of benzene rings is 2. The van der Waals surface area contributed by atoms with E-state index in [-0.39, 0.29) is 95.9 Å². The molecular weight excluding hydrogens is 1030 g/mol. The molecule has 3 saturated heterocycles. The molecule has 0 spiro atoms. The lowest BCUT2D eigenvalue weighted by Crippen LogP contribution is -2.55. The van der Waals surface area contributed by atoms with Crippen LogP contribution in [0.1, 0.15) is 111 Å². The number of likely N-dealkylation sites (tertiary alicyclic amines) is 2. The Morgan fingerprint density at radius 1 is 0.703 bits per heavy atom. The number of allylic oxidation sites excluding steroid dienone is 2. The van der Waals surface area contributed by atoms with Crippen LogP contribution in [0.2, 0.25) is 0 Å². The van der Waals surface area contributed by atoms with E-state index in [4.69, 9.17) is 28.9 Å². The van der Waals surface area contributed by atoms with Crippen LogP contribution in [0.4, 0.5) is 9.59 Å². The molecule has 2 aromatic carbocycles. The summed E-state index contributed by atoms with van der Waals surface area (Å²) in [6.45, 7) is 6.21. The van der Waals surface area contributed by atoms with Crippen LogP contribution in [-0.2, 0) is 23.8 Å². The van der Waals surface area contributed by atoms with Crippen molar-refractivity contribution < 1.29 is 38.1 Å². The number of aliphatic imine (C=N–C) groups is 2. The molecule has 11 rings (SSSR count). The number of alkyl carbamates (subject to hydrolysis) is 2. The van der Waals surface area contributed by atoms with E-state index in [1.54, 1.807) is 0 Å². The molecule has 2 aromatic heterocycles. The first kappa shape index (κ1) is 56.9.